The van der Waals surface area contributed by atoms with Crippen LogP contribution in [0, 0.1) is 6.92 Å². The number of rotatable bonds is 4. The van der Waals surface area contributed by atoms with Gasteiger partial charge in [0.2, 0.25) is 0 Å². The first-order valence-corrected chi connectivity index (χ1v) is 9.19. The van der Waals surface area contributed by atoms with E-state index in [9.17, 15) is 12.6 Å². The van der Waals surface area contributed by atoms with Gasteiger partial charge in [-0.15, -0.1) is 0 Å². The minimum Gasteiger partial charge on any atom is -0.229 e. The van der Waals surface area contributed by atoms with Crippen LogP contribution in [0.4, 0.5) is 0 Å². The van der Waals surface area contributed by atoms with Crippen molar-refractivity contribution in [3.63, 3.8) is 0 Å². The lowest BCUT2D eigenvalue weighted by Gasteiger charge is -1.99. The molecule has 0 aliphatic heterocycles. The zero-order valence-electron chi connectivity index (χ0n) is 11.7. The number of hydrogen-bond acceptors (Lipinski definition) is 3. The lowest BCUT2D eigenvalue weighted by molar-refractivity contribution is 0.602. The van der Waals surface area contributed by atoms with Crippen LogP contribution in [0.5, 0.6) is 0 Å². The minimum atomic E-state index is -3.20. The van der Waals surface area contributed by atoms with Crippen molar-refractivity contribution < 1.29 is 12.6 Å². The molecular formula is C15H15NO3S2. The Morgan fingerprint density at radius 2 is 1.57 bits per heavy atom. The van der Waals surface area contributed by atoms with E-state index in [0.29, 0.717) is 10.5 Å². The van der Waals surface area contributed by atoms with Gasteiger partial charge in [-0.05, 0) is 36.8 Å². The molecule has 110 valence electrons. The van der Waals surface area contributed by atoms with Crippen molar-refractivity contribution in [1.82, 2.24) is 0 Å². The third-order valence-corrected chi connectivity index (χ3v) is 4.93. The van der Waals surface area contributed by atoms with E-state index >= 15 is 0 Å². The van der Waals surface area contributed by atoms with Gasteiger partial charge in [-0.25, -0.2) is 12.6 Å². The monoisotopic (exact) mass is 321 g/mol. The maximum atomic E-state index is 12.0. The van der Waals surface area contributed by atoms with Gasteiger partial charge in [-0.1, -0.05) is 29.8 Å². The normalized spacial score (nSPS) is 13.4. The fourth-order valence-electron chi connectivity index (χ4n) is 1.63. The highest BCUT2D eigenvalue weighted by Gasteiger charge is 2.05. The van der Waals surface area contributed by atoms with Gasteiger partial charge in [0.25, 0.3) is 0 Å². The van der Waals surface area contributed by atoms with Crippen molar-refractivity contribution in [2.45, 2.75) is 16.7 Å². The standard InChI is InChI=1S/C15H15NO3S2/c1-12-3-7-14(8-4-12)20(17)16-11-13-5-9-15(10-6-13)21(2,18)19/h3-11H,1-2H3/b16-11+/t20-/m0/s1. The molecule has 0 saturated heterocycles. The van der Waals surface area contributed by atoms with Gasteiger partial charge in [0.05, 0.1) is 9.79 Å². The third kappa shape index (κ3) is 4.34. The zero-order valence-corrected chi connectivity index (χ0v) is 13.3. The molecule has 2 aromatic carbocycles. The lowest BCUT2D eigenvalue weighted by atomic mass is 10.2. The summed E-state index contributed by atoms with van der Waals surface area (Å²) in [5, 5.41) is 0. The fourth-order valence-corrected chi connectivity index (χ4v) is 2.96. The van der Waals surface area contributed by atoms with Gasteiger partial charge >= 0.3 is 0 Å². The first-order valence-electron chi connectivity index (χ1n) is 6.19. The molecular weight excluding hydrogens is 306 g/mol. The number of sulfone groups is 1. The molecule has 0 amide bonds. The van der Waals surface area contributed by atoms with Crippen molar-refractivity contribution in [3.8, 4) is 0 Å². The number of aryl methyl sites for hydroxylation is 1. The maximum absolute atomic E-state index is 12.0. The summed E-state index contributed by atoms with van der Waals surface area (Å²) >= 11 is 0. The Hall–Kier alpha value is -1.79. The molecule has 0 heterocycles. The van der Waals surface area contributed by atoms with Gasteiger partial charge in [0.1, 0.15) is 0 Å². The van der Waals surface area contributed by atoms with Gasteiger partial charge in [0, 0.05) is 12.5 Å². The number of benzene rings is 2. The molecule has 0 saturated carbocycles. The van der Waals surface area contributed by atoms with E-state index in [-0.39, 0.29) is 4.90 Å². The lowest BCUT2D eigenvalue weighted by Crippen LogP contribution is -1.97. The molecule has 0 radical (unpaired) electrons. The summed E-state index contributed by atoms with van der Waals surface area (Å²) in [5.41, 5.74) is 1.79. The molecule has 2 rings (SSSR count). The Morgan fingerprint density at radius 1 is 1.00 bits per heavy atom. The SMILES string of the molecule is Cc1ccc([S@](=O)/N=C/c2ccc(S(C)(=O)=O)cc2)cc1. The van der Waals surface area contributed by atoms with Gasteiger partial charge in [-0.3, -0.25) is 0 Å². The van der Waals surface area contributed by atoms with Crippen molar-refractivity contribution in [3.05, 3.63) is 59.7 Å². The van der Waals surface area contributed by atoms with E-state index in [1.807, 2.05) is 19.1 Å². The second kappa shape index (κ2) is 6.32. The van der Waals surface area contributed by atoms with Crippen LogP contribution < -0.4 is 0 Å². The van der Waals surface area contributed by atoms with Crippen LogP contribution in [0.3, 0.4) is 0 Å². The topological polar surface area (TPSA) is 63.6 Å². The van der Waals surface area contributed by atoms with E-state index < -0.39 is 20.8 Å². The molecule has 0 bridgehead atoms. The van der Waals surface area contributed by atoms with Crippen LogP contribution in [-0.2, 0) is 20.8 Å². The number of hydrogen-bond donors (Lipinski definition) is 0. The minimum absolute atomic E-state index is 0.249. The Kier molecular flexibility index (Phi) is 4.69. The van der Waals surface area contributed by atoms with Crippen LogP contribution in [0.25, 0.3) is 0 Å². The van der Waals surface area contributed by atoms with Crippen molar-refractivity contribution in [2.75, 3.05) is 6.26 Å². The molecule has 1 atom stereocenters. The highest BCUT2D eigenvalue weighted by molar-refractivity contribution is 7.90. The van der Waals surface area contributed by atoms with Gasteiger partial charge in [-0.2, -0.15) is 4.40 Å². The zero-order chi connectivity index (χ0) is 15.5. The van der Waals surface area contributed by atoms with Crippen molar-refractivity contribution in [2.24, 2.45) is 4.40 Å². The summed E-state index contributed by atoms with van der Waals surface area (Å²) in [6.07, 6.45) is 2.63. The van der Waals surface area contributed by atoms with E-state index in [4.69, 9.17) is 0 Å². The first kappa shape index (κ1) is 15.6. The van der Waals surface area contributed by atoms with E-state index in [1.54, 1.807) is 24.3 Å². The largest absolute Gasteiger partial charge is 0.229 e. The van der Waals surface area contributed by atoms with Gasteiger partial charge < -0.3 is 0 Å². The van der Waals surface area contributed by atoms with Crippen LogP contribution in [-0.4, -0.2) is 25.1 Å². The molecule has 0 N–H and O–H groups in total. The van der Waals surface area contributed by atoms with Crippen LogP contribution in [0.2, 0.25) is 0 Å². The Morgan fingerprint density at radius 3 is 2.10 bits per heavy atom. The molecule has 21 heavy (non-hydrogen) atoms. The van der Waals surface area contributed by atoms with Crippen LogP contribution in [0.15, 0.2) is 62.7 Å². The third-order valence-electron chi connectivity index (χ3n) is 2.83. The average molecular weight is 321 g/mol. The maximum Gasteiger partial charge on any atom is 0.175 e. The average Bonchev–Trinajstić information content (AvgIpc) is 2.45. The molecule has 0 aliphatic rings. The predicted molar refractivity (Wildman–Crippen MR) is 84.7 cm³/mol. The summed E-state index contributed by atoms with van der Waals surface area (Å²) < 4.78 is 38.6. The quantitative estimate of drug-likeness (QED) is 0.813. The molecule has 2 aromatic rings. The van der Waals surface area contributed by atoms with Crippen LogP contribution >= 0.6 is 0 Å². The van der Waals surface area contributed by atoms with Crippen molar-refractivity contribution in [1.29, 1.82) is 0 Å². The molecule has 4 nitrogen and oxygen atoms in total. The number of nitrogens with zero attached hydrogens (tertiary/aromatic N) is 1. The fraction of sp³-hybridized carbons (Fsp3) is 0.133. The van der Waals surface area contributed by atoms with Crippen LogP contribution in [0.1, 0.15) is 11.1 Å². The smallest absolute Gasteiger partial charge is 0.175 e. The highest BCUT2D eigenvalue weighted by atomic mass is 32.2. The second-order valence-electron chi connectivity index (χ2n) is 4.64. The van der Waals surface area contributed by atoms with Crippen molar-refractivity contribution >= 4 is 27.0 Å². The summed E-state index contributed by atoms with van der Waals surface area (Å²) in [7, 11) is -4.67. The van der Waals surface area contributed by atoms with E-state index in [1.165, 1.54) is 18.3 Å². The molecule has 0 aliphatic carbocycles. The van der Waals surface area contributed by atoms with Gasteiger partial charge in [0.15, 0.2) is 20.8 Å². The molecule has 0 unspecified atom stereocenters. The van der Waals surface area contributed by atoms with E-state index in [2.05, 4.69) is 4.40 Å². The predicted octanol–water partition coefficient (Wildman–Crippen LogP) is 2.54. The Labute approximate surface area is 127 Å². The summed E-state index contributed by atoms with van der Waals surface area (Å²) in [4.78, 5) is 0.879. The molecule has 0 spiro atoms. The first-order chi connectivity index (χ1) is 9.86. The summed E-state index contributed by atoms with van der Waals surface area (Å²) in [5.74, 6) is 0. The second-order valence-corrected chi connectivity index (χ2v) is 7.83. The molecule has 0 aromatic heterocycles. The molecule has 6 heteroatoms. The summed E-state index contributed by atoms with van der Waals surface area (Å²) in [6.45, 7) is 1.96. The Bertz CT molecular complexity index is 777. The highest BCUT2D eigenvalue weighted by Crippen LogP contribution is 2.11. The van der Waals surface area contributed by atoms with E-state index in [0.717, 1.165) is 11.8 Å². The summed E-state index contributed by atoms with van der Waals surface area (Å²) in [6, 6.07) is 13.6. The molecule has 0 fully saturated rings. The Balaban J connectivity index is 2.14.